The van der Waals surface area contributed by atoms with Crippen molar-refractivity contribution in [2.45, 2.75) is 53.1 Å². The van der Waals surface area contributed by atoms with Crippen LogP contribution in [0.1, 0.15) is 47.5 Å². The molecule has 0 aliphatic heterocycles. The predicted molar refractivity (Wildman–Crippen MR) is 59.1 cm³/mol. The number of allylic oxidation sites excluding steroid dienone is 1. The van der Waals surface area contributed by atoms with E-state index in [2.05, 4.69) is 6.58 Å². The van der Waals surface area contributed by atoms with Crippen LogP contribution >= 0.6 is 0 Å². The second-order valence-electron chi connectivity index (χ2n) is 5.21. The van der Waals surface area contributed by atoms with Gasteiger partial charge in [-0.2, -0.15) is 0 Å². The minimum atomic E-state index is -0.415. The van der Waals surface area contributed by atoms with Gasteiger partial charge < -0.3 is 4.74 Å². The van der Waals surface area contributed by atoms with Gasteiger partial charge in [-0.1, -0.05) is 6.08 Å². The van der Waals surface area contributed by atoms with E-state index in [1.54, 1.807) is 0 Å². The van der Waals surface area contributed by atoms with E-state index in [4.69, 9.17) is 4.74 Å². The van der Waals surface area contributed by atoms with E-state index in [9.17, 15) is 4.79 Å². The second kappa shape index (κ2) is 4.63. The standard InChI is InChI=1S/C12H22O2/c1-7-8-9-12(5,6)10(13)14-11(2,3)4/h7H,1,8-9H2,2-6H3. The largest absolute Gasteiger partial charge is 0.460 e. The fourth-order valence-electron chi connectivity index (χ4n) is 0.981. The lowest BCUT2D eigenvalue weighted by Crippen LogP contribution is -2.33. The van der Waals surface area contributed by atoms with Crippen molar-refractivity contribution < 1.29 is 9.53 Å². The van der Waals surface area contributed by atoms with Crippen LogP contribution in [0.2, 0.25) is 0 Å². The van der Waals surface area contributed by atoms with E-state index in [1.165, 1.54) is 0 Å². The molecule has 0 aliphatic carbocycles. The molecule has 0 radical (unpaired) electrons. The predicted octanol–water partition coefficient (Wildman–Crippen LogP) is 3.32. The third-order valence-corrected chi connectivity index (χ3v) is 1.92. The summed E-state index contributed by atoms with van der Waals surface area (Å²) in [6.45, 7) is 13.1. The van der Waals surface area contributed by atoms with Crippen LogP contribution in [-0.4, -0.2) is 11.6 Å². The molecule has 0 aromatic heterocycles. The SMILES string of the molecule is C=CCCC(C)(C)C(=O)OC(C)(C)C. The van der Waals surface area contributed by atoms with Crippen molar-refractivity contribution in [3.05, 3.63) is 12.7 Å². The molecule has 0 N–H and O–H groups in total. The van der Waals surface area contributed by atoms with Crippen molar-refractivity contribution in [1.82, 2.24) is 0 Å². The number of carbonyl (C=O) groups excluding carboxylic acids is 1. The van der Waals surface area contributed by atoms with Crippen LogP contribution in [-0.2, 0) is 9.53 Å². The van der Waals surface area contributed by atoms with E-state index in [0.29, 0.717) is 0 Å². The average molecular weight is 198 g/mol. The van der Waals surface area contributed by atoms with Crippen molar-refractivity contribution >= 4 is 5.97 Å². The van der Waals surface area contributed by atoms with Gasteiger partial charge in [0.15, 0.2) is 0 Å². The lowest BCUT2D eigenvalue weighted by atomic mass is 9.88. The first kappa shape index (κ1) is 13.2. The third-order valence-electron chi connectivity index (χ3n) is 1.92. The second-order valence-corrected chi connectivity index (χ2v) is 5.21. The summed E-state index contributed by atoms with van der Waals surface area (Å²) in [5.74, 6) is -0.133. The maximum atomic E-state index is 11.7. The quantitative estimate of drug-likeness (QED) is 0.511. The molecule has 0 aliphatic rings. The first-order valence-corrected chi connectivity index (χ1v) is 5.03. The zero-order valence-corrected chi connectivity index (χ0v) is 10.0. The van der Waals surface area contributed by atoms with Gasteiger partial charge in [-0.15, -0.1) is 6.58 Å². The normalized spacial score (nSPS) is 12.4. The molecule has 0 saturated carbocycles. The maximum absolute atomic E-state index is 11.7. The average Bonchev–Trinajstić information content (AvgIpc) is 1.97. The Bertz CT molecular complexity index is 209. The van der Waals surface area contributed by atoms with Gasteiger partial charge >= 0.3 is 5.97 Å². The summed E-state index contributed by atoms with van der Waals surface area (Å²) >= 11 is 0. The molecule has 0 aromatic rings. The van der Waals surface area contributed by atoms with Gasteiger partial charge in [0.25, 0.3) is 0 Å². The van der Waals surface area contributed by atoms with Crippen molar-refractivity contribution in [1.29, 1.82) is 0 Å². The van der Waals surface area contributed by atoms with Crippen LogP contribution in [0.5, 0.6) is 0 Å². The van der Waals surface area contributed by atoms with Crippen LogP contribution in [0.25, 0.3) is 0 Å². The summed E-state index contributed by atoms with van der Waals surface area (Å²) in [5.41, 5.74) is -0.815. The number of ether oxygens (including phenoxy) is 1. The van der Waals surface area contributed by atoms with Crippen molar-refractivity contribution in [2.24, 2.45) is 5.41 Å². The highest BCUT2D eigenvalue weighted by atomic mass is 16.6. The number of rotatable bonds is 4. The van der Waals surface area contributed by atoms with Gasteiger partial charge in [0.2, 0.25) is 0 Å². The summed E-state index contributed by atoms with van der Waals surface area (Å²) in [6.07, 6.45) is 3.45. The van der Waals surface area contributed by atoms with E-state index in [1.807, 2.05) is 40.7 Å². The lowest BCUT2D eigenvalue weighted by Gasteiger charge is -2.28. The molecule has 0 saturated heterocycles. The van der Waals surface area contributed by atoms with E-state index in [-0.39, 0.29) is 5.97 Å². The molecule has 14 heavy (non-hydrogen) atoms. The van der Waals surface area contributed by atoms with Gasteiger partial charge in [-0.05, 0) is 47.5 Å². The molecule has 2 heteroatoms. The van der Waals surface area contributed by atoms with Gasteiger partial charge in [-0.3, -0.25) is 4.79 Å². The summed E-state index contributed by atoms with van der Waals surface area (Å²) in [5, 5.41) is 0. The molecular formula is C12H22O2. The molecule has 0 unspecified atom stereocenters. The van der Waals surface area contributed by atoms with Crippen LogP contribution in [0, 0.1) is 5.41 Å². The van der Waals surface area contributed by atoms with Crippen LogP contribution in [0.3, 0.4) is 0 Å². The topological polar surface area (TPSA) is 26.3 Å². The molecule has 82 valence electrons. The molecule has 0 heterocycles. The number of hydrogen-bond donors (Lipinski definition) is 0. The van der Waals surface area contributed by atoms with Crippen LogP contribution in [0.4, 0.5) is 0 Å². The number of hydrogen-bond acceptors (Lipinski definition) is 2. The van der Waals surface area contributed by atoms with Crippen molar-refractivity contribution in [2.75, 3.05) is 0 Å². The first-order valence-electron chi connectivity index (χ1n) is 5.03. The lowest BCUT2D eigenvalue weighted by molar-refractivity contribution is -0.166. The highest BCUT2D eigenvalue weighted by Gasteiger charge is 2.31. The summed E-state index contributed by atoms with van der Waals surface area (Å²) < 4.78 is 5.33. The third kappa shape index (κ3) is 5.05. The summed E-state index contributed by atoms with van der Waals surface area (Å²) in [6, 6.07) is 0. The minimum absolute atomic E-state index is 0.133. The highest BCUT2D eigenvalue weighted by molar-refractivity contribution is 5.76. The van der Waals surface area contributed by atoms with E-state index >= 15 is 0 Å². The molecule has 0 rings (SSSR count). The molecule has 0 amide bonds. The highest BCUT2D eigenvalue weighted by Crippen LogP contribution is 2.26. The molecule has 0 spiro atoms. The molecule has 0 atom stereocenters. The first-order chi connectivity index (χ1) is 6.19. The van der Waals surface area contributed by atoms with Gasteiger partial charge in [-0.25, -0.2) is 0 Å². The Balaban J connectivity index is 4.28. The molecule has 0 fully saturated rings. The van der Waals surface area contributed by atoms with Crippen molar-refractivity contribution in [3.63, 3.8) is 0 Å². The zero-order valence-electron chi connectivity index (χ0n) is 10.0. The fourth-order valence-corrected chi connectivity index (χ4v) is 0.981. The van der Waals surface area contributed by atoms with Gasteiger partial charge in [0.1, 0.15) is 5.60 Å². The molecule has 2 nitrogen and oxygen atoms in total. The Hall–Kier alpha value is -0.790. The van der Waals surface area contributed by atoms with Crippen molar-refractivity contribution in [3.8, 4) is 0 Å². The Morgan fingerprint density at radius 3 is 2.14 bits per heavy atom. The smallest absolute Gasteiger partial charge is 0.312 e. The summed E-state index contributed by atoms with van der Waals surface area (Å²) in [4.78, 5) is 11.7. The molecular weight excluding hydrogens is 176 g/mol. The Morgan fingerprint density at radius 1 is 1.29 bits per heavy atom. The van der Waals surface area contributed by atoms with E-state index in [0.717, 1.165) is 12.8 Å². The summed E-state index contributed by atoms with van der Waals surface area (Å²) in [7, 11) is 0. The molecule has 0 aromatic carbocycles. The van der Waals surface area contributed by atoms with Crippen LogP contribution < -0.4 is 0 Å². The zero-order chi connectivity index (χ0) is 11.4. The Kier molecular flexibility index (Phi) is 4.37. The van der Waals surface area contributed by atoms with Crippen LogP contribution in [0.15, 0.2) is 12.7 Å². The Labute approximate surface area is 87.3 Å². The maximum Gasteiger partial charge on any atom is 0.312 e. The Morgan fingerprint density at radius 2 is 1.79 bits per heavy atom. The number of carbonyl (C=O) groups is 1. The fraction of sp³-hybridized carbons (Fsp3) is 0.750. The minimum Gasteiger partial charge on any atom is -0.460 e. The van der Waals surface area contributed by atoms with E-state index < -0.39 is 11.0 Å². The van der Waals surface area contributed by atoms with Gasteiger partial charge in [0.05, 0.1) is 5.41 Å². The molecule has 0 bridgehead atoms. The van der Waals surface area contributed by atoms with Gasteiger partial charge in [0, 0.05) is 0 Å². The monoisotopic (exact) mass is 198 g/mol. The number of esters is 1.